The Morgan fingerprint density at radius 1 is 1.31 bits per heavy atom. The van der Waals surface area contributed by atoms with E-state index in [1.807, 2.05) is 44.2 Å². The van der Waals surface area contributed by atoms with Crippen LogP contribution in [0, 0.1) is 0 Å². The highest BCUT2D eigenvalue weighted by molar-refractivity contribution is 8.01. The zero-order chi connectivity index (χ0) is 19.1. The van der Waals surface area contributed by atoms with Gasteiger partial charge in [-0.15, -0.1) is 11.8 Å². The van der Waals surface area contributed by atoms with Crippen molar-refractivity contribution in [3.63, 3.8) is 0 Å². The van der Waals surface area contributed by atoms with E-state index in [-0.39, 0.29) is 23.8 Å². The molecule has 138 valence electrons. The third-order valence-electron chi connectivity index (χ3n) is 4.56. The molecule has 7 heteroatoms. The van der Waals surface area contributed by atoms with Gasteiger partial charge in [0.05, 0.1) is 0 Å². The zero-order valence-electron chi connectivity index (χ0n) is 15.0. The Bertz CT molecular complexity index is 762. The van der Waals surface area contributed by atoms with Crippen molar-refractivity contribution in [2.45, 2.75) is 49.6 Å². The SMILES string of the molecule is C=C(C)C(=O)NC1C(=O)N2[C@@H]1SC(C)(C)[C@@H]2C(=O)OCc1ccccc1. The standard InChI is InChI=1S/C19H22N2O4S/c1-11(2)15(22)20-13-16(23)21-14(19(3,4)26-17(13)21)18(24)25-10-12-8-6-5-7-9-12/h5-9,13-14,17H,1,10H2,2-4H3,(H,20,22)/t13?,14-,17+/m0/s1. The molecule has 26 heavy (non-hydrogen) atoms. The first-order valence-corrected chi connectivity index (χ1v) is 9.27. The van der Waals surface area contributed by atoms with Crippen LogP contribution in [-0.2, 0) is 25.7 Å². The van der Waals surface area contributed by atoms with E-state index in [9.17, 15) is 14.4 Å². The summed E-state index contributed by atoms with van der Waals surface area (Å²) in [5, 5.41) is 2.42. The van der Waals surface area contributed by atoms with Crippen LogP contribution in [0.5, 0.6) is 0 Å². The van der Waals surface area contributed by atoms with Gasteiger partial charge in [0, 0.05) is 10.3 Å². The van der Waals surface area contributed by atoms with Gasteiger partial charge in [0.1, 0.15) is 24.1 Å². The normalized spacial score (nSPS) is 25.9. The number of nitrogens with one attached hydrogen (secondary N) is 1. The predicted molar refractivity (Wildman–Crippen MR) is 99.1 cm³/mol. The molecule has 2 amide bonds. The Balaban J connectivity index is 1.69. The molecule has 2 heterocycles. The minimum absolute atomic E-state index is 0.166. The van der Waals surface area contributed by atoms with Gasteiger partial charge in [-0.25, -0.2) is 4.79 Å². The molecule has 2 fully saturated rings. The molecule has 3 rings (SSSR count). The van der Waals surface area contributed by atoms with Gasteiger partial charge in [0.15, 0.2) is 0 Å². The molecule has 0 saturated carbocycles. The molecule has 1 aromatic rings. The molecule has 2 aliphatic rings. The number of rotatable bonds is 5. The van der Waals surface area contributed by atoms with Crippen molar-refractivity contribution in [3.8, 4) is 0 Å². The van der Waals surface area contributed by atoms with Crippen molar-refractivity contribution in [1.82, 2.24) is 10.2 Å². The number of fused-ring (bicyclic) bond motifs is 1. The Morgan fingerprint density at radius 3 is 2.58 bits per heavy atom. The molecule has 2 saturated heterocycles. The van der Waals surface area contributed by atoms with E-state index >= 15 is 0 Å². The summed E-state index contributed by atoms with van der Waals surface area (Å²) >= 11 is 1.50. The molecular formula is C19H22N2O4S. The predicted octanol–water partition coefficient (Wildman–Crippen LogP) is 1.85. The van der Waals surface area contributed by atoms with Crippen LogP contribution in [0.4, 0.5) is 0 Å². The first-order valence-electron chi connectivity index (χ1n) is 8.39. The van der Waals surface area contributed by atoms with Crippen LogP contribution in [0.2, 0.25) is 0 Å². The van der Waals surface area contributed by atoms with Gasteiger partial charge in [0.25, 0.3) is 0 Å². The van der Waals surface area contributed by atoms with Crippen LogP contribution in [0.3, 0.4) is 0 Å². The third kappa shape index (κ3) is 3.23. The maximum Gasteiger partial charge on any atom is 0.330 e. The van der Waals surface area contributed by atoms with E-state index in [0.29, 0.717) is 5.57 Å². The Morgan fingerprint density at radius 2 is 1.96 bits per heavy atom. The van der Waals surface area contributed by atoms with Crippen LogP contribution in [0.1, 0.15) is 26.3 Å². The molecule has 0 aliphatic carbocycles. The van der Waals surface area contributed by atoms with E-state index in [1.165, 1.54) is 16.7 Å². The molecule has 1 unspecified atom stereocenters. The number of nitrogens with zero attached hydrogens (tertiary/aromatic N) is 1. The monoisotopic (exact) mass is 374 g/mol. The lowest BCUT2D eigenvalue weighted by atomic mass is 9.96. The average molecular weight is 374 g/mol. The maximum absolute atomic E-state index is 12.7. The number of carbonyl (C=O) groups excluding carboxylic acids is 3. The van der Waals surface area contributed by atoms with Crippen molar-refractivity contribution in [1.29, 1.82) is 0 Å². The van der Waals surface area contributed by atoms with Gasteiger partial charge in [-0.2, -0.15) is 0 Å². The first kappa shape index (κ1) is 18.5. The molecule has 0 spiro atoms. The van der Waals surface area contributed by atoms with Gasteiger partial charge in [-0.05, 0) is 26.3 Å². The second-order valence-corrected chi connectivity index (χ2v) is 8.86. The van der Waals surface area contributed by atoms with Gasteiger partial charge in [-0.3, -0.25) is 9.59 Å². The van der Waals surface area contributed by atoms with Crippen molar-refractivity contribution < 1.29 is 19.1 Å². The van der Waals surface area contributed by atoms with Crippen molar-refractivity contribution >= 4 is 29.5 Å². The molecule has 0 aromatic heterocycles. The van der Waals surface area contributed by atoms with E-state index in [1.54, 1.807) is 6.92 Å². The number of amides is 2. The number of hydrogen-bond donors (Lipinski definition) is 1. The lowest BCUT2D eigenvalue weighted by Gasteiger charge is -2.43. The quantitative estimate of drug-likeness (QED) is 0.484. The zero-order valence-corrected chi connectivity index (χ0v) is 15.8. The Hall–Kier alpha value is -2.28. The first-order chi connectivity index (χ1) is 12.2. The Labute approximate surface area is 157 Å². The number of hydrogen-bond acceptors (Lipinski definition) is 5. The fourth-order valence-corrected chi connectivity index (χ4v) is 4.82. The number of β-lactam (4-membered cyclic amide) rings is 1. The summed E-state index contributed by atoms with van der Waals surface area (Å²) in [4.78, 5) is 38.6. The third-order valence-corrected chi connectivity index (χ3v) is 6.13. The number of benzene rings is 1. The lowest BCUT2D eigenvalue weighted by molar-refractivity contribution is -0.165. The highest BCUT2D eigenvalue weighted by Crippen LogP contribution is 2.51. The van der Waals surface area contributed by atoms with E-state index < -0.39 is 22.8 Å². The fraction of sp³-hybridized carbons (Fsp3) is 0.421. The van der Waals surface area contributed by atoms with Gasteiger partial charge < -0.3 is 15.0 Å². The minimum Gasteiger partial charge on any atom is -0.459 e. The number of ether oxygens (including phenoxy) is 1. The van der Waals surface area contributed by atoms with E-state index in [0.717, 1.165) is 5.56 Å². The van der Waals surface area contributed by atoms with E-state index in [2.05, 4.69) is 11.9 Å². The average Bonchev–Trinajstić information content (AvgIpc) is 2.86. The largest absolute Gasteiger partial charge is 0.459 e. The summed E-state index contributed by atoms with van der Waals surface area (Å²) in [5.41, 5.74) is 1.24. The second kappa shape index (κ2) is 6.79. The summed E-state index contributed by atoms with van der Waals surface area (Å²) < 4.78 is 4.95. The number of esters is 1. The van der Waals surface area contributed by atoms with Gasteiger partial charge in [0.2, 0.25) is 11.8 Å². The smallest absolute Gasteiger partial charge is 0.330 e. The minimum atomic E-state index is -0.674. The summed E-state index contributed by atoms with van der Waals surface area (Å²) in [7, 11) is 0. The molecule has 3 atom stereocenters. The second-order valence-electron chi connectivity index (χ2n) is 7.08. The van der Waals surface area contributed by atoms with Crippen LogP contribution in [0.15, 0.2) is 42.5 Å². The molecule has 0 radical (unpaired) electrons. The van der Waals surface area contributed by atoms with Gasteiger partial charge in [-0.1, -0.05) is 36.9 Å². The van der Waals surface area contributed by atoms with Crippen molar-refractivity contribution in [2.75, 3.05) is 0 Å². The highest BCUT2D eigenvalue weighted by Gasteiger charge is 2.64. The van der Waals surface area contributed by atoms with Crippen LogP contribution in [-0.4, -0.2) is 44.9 Å². The summed E-state index contributed by atoms with van der Waals surface area (Å²) in [6, 6.07) is 8.10. The topological polar surface area (TPSA) is 75.7 Å². The molecule has 6 nitrogen and oxygen atoms in total. The van der Waals surface area contributed by atoms with E-state index in [4.69, 9.17) is 4.74 Å². The highest BCUT2D eigenvalue weighted by atomic mass is 32.2. The number of thioether (sulfide) groups is 1. The molecule has 1 aromatic carbocycles. The molecule has 0 bridgehead atoms. The van der Waals surface area contributed by atoms with Crippen LogP contribution >= 0.6 is 11.8 Å². The van der Waals surface area contributed by atoms with Gasteiger partial charge >= 0.3 is 5.97 Å². The summed E-state index contributed by atoms with van der Waals surface area (Å²) in [6.45, 7) is 9.16. The molecule has 1 N–H and O–H groups in total. The summed E-state index contributed by atoms with van der Waals surface area (Å²) in [5.74, 6) is -1.03. The lowest BCUT2D eigenvalue weighted by Crippen LogP contribution is -2.70. The molecular weight excluding hydrogens is 352 g/mol. The van der Waals surface area contributed by atoms with Crippen molar-refractivity contribution in [3.05, 3.63) is 48.0 Å². The Kier molecular flexibility index (Phi) is 4.84. The molecule has 2 aliphatic heterocycles. The van der Waals surface area contributed by atoms with Crippen LogP contribution < -0.4 is 5.32 Å². The van der Waals surface area contributed by atoms with Crippen LogP contribution in [0.25, 0.3) is 0 Å². The maximum atomic E-state index is 12.7. The van der Waals surface area contributed by atoms with Crippen molar-refractivity contribution in [2.24, 2.45) is 0 Å². The number of carbonyl (C=O) groups is 3. The summed E-state index contributed by atoms with van der Waals surface area (Å²) in [6.07, 6.45) is 0. The fourth-order valence-electron chi connectivity index (χ4n) is 3.20.